The molecule has 0 amide bonds. The van der Waals surface area contributed by atoms with E-state index in [4.69, 9.17) is 4.74 Å². The molecule has 0 aliphatic carbocycles. The Morgan fingerprint density at radius 2 is 1.83 bits per heavy atom. The first-order valence-electron chi connectivity index (χ1n) is 6.30. The number of ether oxygens (including phenoxy) is 1. The average molecular weight is 249 g/mol. The highest BCUT2D eigenvalue weighted by molar-refractivity contribution is 5.71. The van der Waals surface area contributed by atoms with Crippen LogP contribution in [-0.2, 0) is 15.1 Å². The first-order chi connectivity index (χ1) is 8.40. The molecule has 1 unspecified atom stereocenters. The summed E-state index contributed by atoms with van der Waals surface area (Å²) >= 11 is 0. The highest BCUT2D eigenvalue weighted by Gasteiger charge is 2.32. The van der Waals surface area contributed by atoms with E-state index in [9.17, 15) is 4.79 Å². The third kappa shape index (κ3) is 3.33. The molecule has 0 saturated heterocycles. The molecule has 0 saturated carbocycles. The molecule has 3 nitrogen and oxygen atoms in total. The maximum absolute atomic E-state index is 11.8. The second-order valence-corrected chi connectivity index (χ2v) is 5.02. The van der Waals surface area contributed by atoms with Crippen LogP contribution in [-0.4, -0.2) is 31.6 Å². The Kier molecular flexibility index (Phi) is 4.91. The Morgan fingerprint density at radius 3 is 2.28 bits per heavy atom. The molecule has 0 heterocycles. The van der Waals surface area contributed by atoms with Gasteiger partial charge < -0.3 is 4.74 Å². The zero-order valence-electron chi connectivity index (χ0n) is 12.0. The van der Waals surface area contributed by atoms with Crippen molar-refractivity contribution in [3.8, 4) is 0 Å². The van der Waals surface area contributed by atoms with Gasteiger partial charge in [-0.05, 0) is 40.4 Å². The molecular formula is C15H23NO2. The first kappa shape index (κ1) is 14.7. The minimum Gasteiger partial charge on any atom is -0.466 e. The van der Waals surface area contributed by atoms with E-state index in [0.717, 1.165) is 5.56 Å². The van der Waals surface area contributed by atoms with Gasteiger partial charge in [-0.15, -0.1) is 0 Å². The van der Waals surface area contributed by atoms with Gasteiger partial charge in [0.15, 0.2) is 0 Å². The van der Waals surface area contributed by atoms with Crippen molar-refractivity contribution in [1.82, 2.24) is 4.90 Å². The summed E-state index contributed by atoms with van der Waals surface area (Å²) in [4.78, 5) is 13.8. The Hall–Kier alpha value is -1.35. The Balaban J connectivity index is 2.99. The van der Waals surface area contributed by atoms with Gasteiger partial charge in [-0.25, -0.2) is 0 Å². The van der Waals surface area contributed by atoms with Crippen molar-refractivity contribution >= 4 is 5.97 Å². The van der Waals surface area contributed by atoms with Crippen LogP contribution in [0.4, 0.5) is 0 Å². The molecule has 1 aromatic rings. The summed E-state index contributed by atoms with van der Waals surface area (Å²) < 4.78 is 5.07. The number of hydrogen-bond donors (Lipinski definition) is 0. The summed E-state index contributed by atoms with van der Waals surface area (Å²) in [6.07, 6.45) is 0.358. The normalized spacial score (nSPS) is 14.3. The van der Waals surface area contributed by atoms with E-state index in [1.165, 1.54) is 5.56 Å². The zero-order chi connectivity index (χ0) is 13.8. The number of esters is 1. The summed E-state index contributed by atoms with van der Waals surface area (Å²) in [5.74, 6) is -0.158. The standard InChI is InChI=1S/C15H23NO2/c1-6-18-14(17)11-15(3,16(4)5)13-9-7-12(2)8-10-13/h7-10H,6,11H2,1-5H3. The van der Waals surface area contributed by atoms with E-state index in [-0.39, 0.29) is 11.5 Å². The smallest absolute Gasteiger partial charge is 0.307 e. The fourth-order valence-electron chi connectivity index (χ4n) is 1.92. The van der Waals surface area contributed by atoms with Gasteiger partial charge in [-0.1, -0.05) is 29.8 Å². The van der Waals surface area contributed by atoms with Crippen LogP contribution < -0.4 is 0 Å². The number of carbonyl (C=O) groups is 1. The lowest BCUT2D eigenvalue weighted by molar-refractivity contribution is -0.146. The van der Waals surface area contributed by atoms with E-state index >= 15 is 0 Å². The van der Waals surface area contributed by atoms with Crippen LogP contribution in [0.25, 0.3) is 0 Å². The number of aryl methyl sites for hydroxylation is 1. The van der Waals surface area contributed by atoms with Gasteiger partial charge in [-0.3, -0.25) is 9.69 Å². The van der Waals surface area contributed by atoms with Crippen LogP contribution in [0, 0.1) is 6.92 Å². The summed E-state index contributed by atoms with van der Waals surface area (Å²) in [5.41, 5.74) is 2.02. The number of benzene rings is 1. The van der Waals surface area contributed by atoms with E-state index in [1.807, 2.05) is 21.0 Å². The molecule has 1 atom stereocenters. The monoisotopic (exact) mass is 249 g/mol. The van der Waals surface area contributed by atoms with Crippen molar-refractivity contribution in [2.24, 2.45) is 0 Å². The van der Waals surface area contributed by atoms with E-state index < -0.39 is 0 Å². The molecule has 0 N–H and O–H groups in total. The molecule has 18 heavy (non-hydrogen) atoms. The molecule has 1 aromatic carbocycles. The second kappa shape index (κ2) is 6.01. The largest absolute Gasteiger partial charge is 0.466 e. The molecule has 0 radical (unpaired) electrons. The van der Waals surface area contributed by atoms with Crippen LogP contribution in [0.1, 0.15) is 31.4 Å². The first-order valence-corrected chi connectivity index (χ1v) is 6.30. The number of rotatable bonds is 5. The molecule has 0 bridgehead atoms. The molecule has 100 valence electrons. The SMILES string of the molecule is CCOC(=O)CC(C)(c1ccc(C)cc1)N(C)C. The fourth-order valence-corrected chi connectivity index (χ4v) is 1.92. The van der Waals surface area contributed by atoms with Gasteiger partial charge >= 0.3 is 5.97 Å². The Bertz CT molecular complexity index is 397. The molecular weight excluding hydrogens is 226 g/mol. The summed E-state index contributed by atoms with van der Waals surface area (Å²) in [7, 11) is 3.97. The molecule has 0 spiro atoms. The molecule has 0 fully saturated rings. The fraction of sp³-hybridized carbons (Fsp3) is 0.533. The maximum Gasteiger partial charge on any atom is 0.307 e. The third-order valence-corrected chi connectivity index (χ3v) is 3.45. The average Bonchev–Trinajstić information content (AvgIpc) is 2.29. The second-order valence-electron chi connectivity index (χ2n) is 5.02. The molecule has 0 aromatic heterocycles. The molecule has 0 aliphatic rings. The topological polar surface area (TPSA) is 29.5 Å². The van der Waals surface area contributed by atoms with E-state index in [2.05, 4.69) is 43.0 Å². The number of hydrogen-bond acceptors (Lipinski definition) is 3. The predicted octanol–water partition coefficient (Wildman–Crippen LogP) is 2.73. The van der Waals surface area contributed by atoms with E-state index in [1.54, 1.807) is 0 Å². The lowest BCUT2D eigenvalue weighted by Gasteiger charge is -2.36. The number of nitrogens with zero attached hydrogens (tertiary/aromatic N) is 1. The van der Waals surface area contributed by atoms with Gasteiger partial charge in [0.1, 0.15) is 0 Å². The van der Waals surface area contributed by atoms with Crippen molar-refractivity contribution in [3.05, 3.63) is 35.4 Å². The van der Waals surface area contributed by atoms with Crippen LogP contribution in [0.5, 0.6) is 0 Å². The lowest BCUT2D eigenvalue weighted by atomic mass is 9.87. The number of carbonyl (C=O) groups excluding carboxylic acids is 1. The molecule has 0 aliphatic heterocycles. The van der Waals surface area contributed by atoms with Crippen molar-refractivity contribution in [3.63, 3.8) is 0 Å². The van der Waals surface area contributed by atoms with E-state index in [0.29, 0.717) is 13.0 Å². The highest BCUT2D eigenvalue weighted by atomic mass is 16.5. The van der Waals surface area contributed by atoms with Crippen LogP contribution in [0.15, 0.2) is 24.3 Å². The van der Waals surface area contributed by atoms with Gasteiger partial charge in [0, 0.05) is 0 Å². The predicted molar refractivity (Wildman–Crippen MR) is 73.5 cm³/mol. The quantitative estimate of drug-likeness (QED) is 0.751. The minimum atomic E-state index is -0.333. The minimum absolute atomic E-state index is 0.158. The van der Waals surface area contributed by atoms with Gasteiger partial charge in [-0.2, -0.15) is 0 Å². The maximum atomic E-state index is 11.8. The summed E-state index contributed by atoms with van der Waals surface area (Å²) in [5, 5.41) is 0. The van der Waals surface area contributed by atoms with Crippen molar-refractivity contribution in [2.75, 3.05) is 20.7 Å². The van der Waals surface area contributed by atoms with Crippen molar-refractivity contribution < 1.29 is 9.53 Å². The van der Waals surface area contributed by atoms with Crippen molar-refractivity contribution in [2.45, 2.75) is 32.7 Å². The Morgan fingerprint density at radius 1 is 1.28 bits per heavy atom. The van der Waals surface area contributed by atoms with Crippen molar-refractivity contribution in [1.29, 1.82) is 0 Å². The highest BCUT2D eigenvalue weighted by Crippen LogP contribution is 2.30. The van der Waals surface area contributed by atoms with Crippen LogP contribution in [0.3, 0.4) is 0 Å². The molecule has 3 heteroatoms. The summed E-state index contributed by atoms with van der Waals surface area (Å²) in [6.45, 7) is 6.38. The lowest BCUT2D eigenvalue weighted by Crippen LogP contribution is -2.40. The summed E-state index contributed by atoms with van der Waals surface area (Å²) in [6, 6.07) is 8.30. The van der Waals surface area contributed by atoms with Gasteiger partial charge in [0.25, 0.3) is 0 Å². The Labute approximate surface area is 110 Å². The van der Waals surface area contributed by atoms with Crippen LogP contribution >= 0.6 is 0 Å². The van der Waals surface area contributed by atoms with Gasteiger partial charge in [0.05, 0.1) is 18.6 Å². The third-order valence-electron chi connectivity index (χ3n) is 3.45. The molecule has 1 rings (SSSR count). The van der Waals surface area contributed by atoms with Crippen LogP contribution in [0.2, 0.25) is 0 Å². The van der Waals surface area contributed by atoms with Gasteiger partial charge in [0.2, 0.25) is 0 Å². The zero-order valence-corrected chi connectivity index (χ0v) is 12.0.